The van der Waals surface area contributed by atoms with Crippen LogP contribution in [-0.4, -0.2) is 23.0 Å². The smallest absolute Gasteiger partial charge is 0.270 e. The lowest BCUT2D eigenvalue weighted by molar-refractivity contribution is 0.0900. The van der Waals surface area contributed by atoms with Gasteiger partial charge in [-0.05, 0) is 37.1 Å². The SMILES string of the molecule is O=C(NC1(CNc2cc(F)cc(F)c2)CCCC1)c1ccccn1. The van der Waals surface area contributed by atoms with Gasteiger partial charge in [0.25, 0.3) is 5.91 Å². The summed E-state index contributed by atoms with van der Waals surface area (Å²) in [7, 11) is 0. The summed E-state index contributed by atoms with van der Waals surface area (Å²) in [5.41, 5.74) is 0.295. The first-order valence-electron chi connectivity index (χ1n) is 8.00. The van der Waals surface area contributed by atoms with Crippen molar-refractivity contribution in [1.82, 2.24) is 10.3 Å². The van der Waals surface area contributed by atoms with Crippen LogP contribution in [-0.2, 0) is 0 Å². The van der Waals surface area contributed by atoms with Crippen LogP contribution in [0.4, 0.5) is 14.5 Å². The second-order valence-electron chi connectivity index (χ2n) is 6.17. The van der Waals surface area contributed by atoms with Crippen LogP contribution in [0.5, 0.6) is 0 Å². The van der Waals surface area contributed by atoms with Gasteiger partial charge in [-0.25, -0.2) is 8.78 Å². The lowest BCUT2D eigenvalue weighted by atomic mass is 9.97. The Morgan fingerprint density at radius 3 is 2.46 bits per heavy atom. The quantitative estimate of drug-likeness (QED) is 0.881. The van der Waals surface area contributed by atoms with Gasteiger partial charge in [0.05, 0.1) is 5.54 Å². The number of aromatic nitrogens is 1. The molecule has 4 nitrogen and oxygen atoms in total. The maximum absolute atomic E-state index is 13.3. The van der Waals surface area contributed by atoms with E-state index in [-0.39, 0.29) is 5.91 Å². The molecule has 3 rings (SSSR count). The molecule has 1 aromatic carbocycles. The Kier molecular flexibility index (Phi) is 4.74. The number of hydrogen-bond donors (Lipinski definition) is 2. The third kappa shape index (κ3) is 3.88. The van der Waals surface area contributed by atoms with Crippen LogP contribution in [0.15, 0.2) is 42.6 Å². The minimum atomic E-state index is -0.629. The van der Waals surface area contributed by atoms with Gasteiger partial charge in [-0.1, -0.05) is 18.9 Å². The second kappa shape index (κ2) is 6.95. The van der Waals surface area contributed by atoms with Crippen LogP contribution in [0.3, 0.4) is 0 Å². The Hall–Kier alpha value is -2.50. The Bertz CT molecular complexity index is 695. The maximum atomic E-state index is 13.3. The number of benzene rings is 1. The molecule has 0 aliphatic heterocycles. The summed E-state index contributed by atoms with van der Waals surface area (Å²) in [5, 5.41) is 6.11. The fourth-order valence-corrected chi connectivity index (χ4v) is 3.13. The van der Waals surface area contributed by atoms with E-state index in [0.717, 1.165) is 31.7 Å². The van der Waals surface area contributed by atoms with Gasteiger partial charge in [0.2, 0.25) is 0 Å². The summed E-state index contributed by atoms with van der Waals surface area (Å²) in [6, 6.07) is 8.49. The predicted molar refractivity (Wildman–Crippen MR) is 87.7 cm³/mol. The molecule has 1 heterocycles. The summed E-state index contributed by atoms with van der Waals surface area (Å²) >= 11 is 0. The zero-order chi connectivity index (χ0) is 17.0. The minimum absolute atomic E-state index is 0.232. The first kappa shape index (κ1) is 16.4. The molecule has 0 radical (unpaired) electrons. The summed E-state index contributed by atoms with van der Waals surface area (Å²) in [5.74, 6) is -1.49. The van der Waals surface area contributed by atoms with Crippen molar-refractivity contribution in [3.05, 3.63) is 59.9 Å². The van der Waals surface area contributed by atoms with E-state index in [0.29, 0.717) is 17.9 Å². The molecular formula is C18H19F2N3O. The topological polar surface area (TPSA) is 54.0 Å². The van der Waals surface area contributed by atoms with E-state index >= 15 is 0 Å². The first-order valence-corrected chi connectivity index (χ1v) is 8.00. The number of pyridine rings is 1. The van der Waals surface area contributed by atoms with Gasteiger partial charge in [0.15, 0.2) is 0 Å². The Balaban J connectivity index is 1.70. The lowest BCUT2D eigenvalue weighted by Crippen LogP contribution is -2.51. The van der Waals surface area contributed by atoms with Crippen molar-refractivity contribution in [3.8, 4) is 0 Å². The third-order valence-corrected chi connectivity index (χ3v) is 4.33. The number of amides is 1. The largest absolute Gasteiger partial charge is 0.383 e. The van der Waals surface area contributed by atoms with Gasteiger partial charge in [-0.3, -0.25) is 9.78 Å². The molecule has 126 valence electrons. The standard InChI is InChI=1S/C18H19F2N3O/c19-13-9-14(20)11-15(10-13)22-12-18(6-2-3-7-18)23-17(24)16-5-1-4-8-21-16/h1,4-5,8-11,22H,2-3,6-7,12H2,(H,23,24). The van der Waals surface area contributed by atoms with Crippen molar-refractivity contribution in [3.63, 3.8) is 0 Å². The van der Waals surface area contributed by atoms with Crippen molar-refractivity contribution in [2.45, 2.75) is 31.2 Å². The highest BCUT2D eigenvalue weighted by atomic mass is 19.1. The molecule has 0 unspecified atom stereocenters. The summed E-state index contributed by atoms with van der Waals surface area (Å²) in [6.07, 6.45) is 5.21. The molecule has 0 spiro atoms. The van der Waals surface area contributed by atoms with Crippen molar-refractivity contribution in [2.24, 2.45) is 0 Å². The summed E-state index contributed by atoms with van der Waals surface area (Å²) in [6.45, 7) is 0.411. The zero-order valence-electron chi connectivity index (χ0n) is 13.2. The molecule has 24 heavy (non-hydrogen) atoms. The van der Waals surface area contributed by atoms with E-state index in [4.69, 9.17) is 0 Å². The number of anilines is 1. The van der Waals surface area contributed by atoms with E-state index in [1.54, 1.807) is 24.4 Å². The Morgan fingerprint density at radius 1 is 1.12 bits per heavy atom. The molecular weight excluding hydrogens is 312 g/mol. The van der Waals surface area contributed by atoms with Crippen LogP contribution in [0.25, 0.3) is 0 Å². The molecule has 1 aromatic heterocycles. The average Bonchev–Trinajstić information content (AvgIpc) is 3.02. The summed E-state index contributed by atoms with van der Waals surface area (Å²) in [4.78, 5) is 16.5. The number of nitrogens with zero attached hydrogens (tertiary/aromatic N) is 1. The maximum Gasteiger partial charge on any atom is 0.270 e. The highest BCUT2D eigenvalue weighted by Gasteiger charge is 2.35. The van der Waals surface area contributed by atoms with Crippen LogP contribution >= 0.6 is 0 Å². The second-order valence-corrected chi connectivity index (χ2v) is 6.17. The van der Waals surface area contributed by atoms with Crippen LogP contribution < -0.4 is 10.6 Å². The molecule has 0 saturated heterocycles. The molecule has 2 N–H and O–H groups in total. The number of rotatable bonds is 5. The molecule has 1 amide bonds. The van der Waals surface area contributed by atoms with Crippen molar-refractivity contribution in [1.29, 1.82) is 0 Å². The number of hydrogen-bond acceptors (Lipinski definition) is 3. The van der Waals surface area contributed by atoms with Crippen molar-refractivity contribution >= 4 is 11.6 Å². The fourth-order valence-electron chi connectivity index (χ4n) is 3.13. The molecule has 2 aromatic rings. The molecule has 1 saturated carbocycles. The lowest BCUT2D eigenvalue weighted by Gasteiger charge is -2.31. The third-order valence-electron chi connectivity index (χ3n) is 4.33. The van der Waals surface area contributed by atoms with Crippen LogP contribution in [0, 0.1) is 11.6 Å². The van der Waals surface area contributed by atoms with Crippen LogP contribution in [0.2, 0.25) is 0 Å². The van der Waals surface area contributed by atoms with E-state index < -0.39 is 17.2 Å². The predicted octanol–water partition coefficient (Wildman–Crippen LogP) is 3.51. The van der Waals surface area contributed by atoms with Crippen molar-refractivity contribution in [2.75, 3.05) is 11.9 Å². The van der Waals surface area contributed by atoms with Gasteiger partial charge in [0.1, 0.15) is 17.3 Å². The first-order chi connectivity index (χ1) is 11.6. The molecule has 0 atom stereocenters. The number of halogens is 2. The van der Waals surface area contributed by atoms with E-state index in [1.807, 2.05) is 0 Å². The van der Waals surface area contributed by atoms with Crippen molar-refractivity contribution < 1.29 is 13.6 Å². The monoisotopic (exact) mass is 331 g/mol. The molecule has 1 aliphatic carbocycles. The highest BCUT2D eigenvalue weighted by molar-refractivity contribution is 5.92. The zero-order valence-corrected chi connectivity index (χ0v) is 13.2. The molecule has 6 heteroatoms. The normalized spacial score (nSPS) is 15.9. The van der Waals surface area contributed by atoms with E-state index in [1.165, 1.54) is 12.1 Å². The van der Waals surface area contributed by atoms with E-state index in [9.17, 15) is 13.6 Å². The van der Waals surface area contributed by atoms with Gasteiger partial charge < -0.3 is 10.6 Å². The number of nitrogens with one attached hydrogen (secondary N) is 2. The molecule has 1 aliphatic rings. The minimum Gasteiger partial charge on any atom is -0.383 e. The summed E-state index contributed by atoms with van der Waals surface area (Å²) < 4.78 is 26.6. The number of carbonyl (C=O) groups is 1. The van der Waals surface area contributed by atoms with E-state index in [2.05, 4.69) is 15.6 Å². The highest BCUT2D eigenvalue weighted by Crippen LogP contribution is 2.30. The molecule has 1 fully saturated rings. The molecule has 0 bridgehead atoms. The fraction of sp³-hybridized carbons (Fsp3) is 0.333. The van der Waals surface area contributed by atoms with Gasteiger partial charge in [-0.2, -0.15) is 0 Å². The average molecular weight is 331 g/mol. The van der Waals surface area contributed by atoms with Gasteiger partial charge in [-0.15, -0.1) is 0 Å². The van der Waals surface area contributed by atoms with Gasteiger partial charge >= 0.3 is 0 Å². The Labute approximate surface area is 139 Å². The van der Waals surface area contributed by atoms with Gasteiger partial charge in [0, 0.05) is 24.5 Å². The van der Waals surface area contributed by atoms with Crippen LogP contribution in [0.1, 0.15) is 36.2 Å². The number of carbonyl (C=O) groups excluding carboxylic acids is 1. The Morgan fingerprint density at radius 2 is 1.83 bits per heavy atom.